The van der Waals surface area contributed by atoms with Gasteiger partial charge in [0.15, 0.2) is 0 Å². The Balaban J connectivity index is 2.87. The van der Waals surface area contributed by atoms with Crippen LogP contribution in [-0.4, -0.2) is 61.0 Å². The maximum Gasteiger partial charge on any atom is 0.257 e. The molecule has 1 heterocycles. The van der Waals surface area contributed by atoms with Crippen molar-refractivity contribution in [1.29, 1.82) is 0 Å². The van der Waals surface area contributed by atoms with Crippen LogP contribution < -0.4 is 5.32 Å². The summed E-state index contributed by atoms with van der Waals surface area (Å²) in [6, 6.07) is 1.85. The van der Waals surface area contributed by atoms with Crippen LogP contribution in [0.2, 0.25) is 0 Å². The largest absolute Gasteiger partial charge is 0.385 e. The average Bonchev–Trinajstić information content (AvgIpc) is 2.43. The molecule has 1 rings (SSSR count). The van der Waals surface area contributed by atoms with Gasteiger partial charge in [-0.25, -0.2) is 0 Å². The molecule has 0 unspecified atom stereocenters. The Kier molecular flexibility index (Phi) is 7.01. The highest BCUT2D eigenvalue weighted by atomic mass is 16.2. The first-order chi connectivity index (χ1) is 9.60. The quantitative estimate of drug-likeness (QED) is 0.789. The molecule has 1 aromatic rings. The molecule has 0 aliphatic heterocycles. The van der Waals surface area contributed by atoms with Gasteiger partial charge in [0.05, 0.1) is 11.3 Å². The lowest BCUT2D eigenvalue weighted by atomic mass is 10.2. The van der Waals surface area contributed by atoms with Gasteiger partial charge in [-0.15, -0.1) is 0 Å². The van der Waals surface area contributed by atoms with Crippen molar-refractivity contribution < 1.29 is 4.79 Å². The van der Waals surface area contributed by atoms with Gasteiger partial charge in [0.1, 0.15) is 0 Å². The first-order valence-electron chi connectivity index (χ1n) is 7.22. The van der Waals surface area contributed by atoms with Crippen molar-refractivity contribution in [3.63, 3.8) is 0 Å². The number of likely N-dealkylation sites (N-methyl/N-ethyl adjacent to an activating group) is 1. The first-order valence-corrected chi connectivity index (χ1v) is 7.22. The number of hydrogen-bond acceptors (Lipinski definition) is 4. The van der Waals surface area contributed by atoms with Crippen LogP contribution in [0.15, 0.2) is 18.5 Å². The number of rotatable bonds is 8. The maximum absolute atomic E-state index is 12.7. The third kappa shape index (κ3) is 4.81. The second-order valence-electron chi connectivity index (χ2n) is 5.05. The number of nitrogens with one attached hydrogen (secondary N) is 1. The van der Waals surface area contributed by atoms with Crippen LogP contribution in [0.25, 0.3) is 0 Å². The Labute approximate surface area is 122 Å². The van der Waals surface area contributed by atoms with Gasteiger partial charge in [-0.2, -0.15) is 0 Å². The zero-order valence-corrected chi connectivity index (χ0v) is 13.0. The normalized spacial score (nSPS) is 10.7. The van der Waals surface area contributed by atoms with Crippen LogP contribution in [0.3, 0.4) is 0 Å². The molecule has 0 saturated heterocycles. The van der Waals surface area contributed by atoms with Crippen LogP contribution in [0, 0.1) is 0 Å². The Bertz CT molecular complexity index is 420. The second kappa shape index (κ2) is 8.53. The Morgan fingerprint density at radius 1 is 1.25 bits per heavy atom. The molecule has 0 atom stereocenters. The van der Waals surface area contributed by atoms with Crippen LogP contribution in [0.1, 0.15) is 30.6 Å². The van der Waals surface area contributed by atoms with E-state index in [2.05, 4.69) is 22.1 Å². The summed E-state index contributed by atoms with van der Waals surface area (Å²) in [4.78, 5) is 20.7. The lowest BCUT2D eigenvalue weighted by Gasteiger charge is -2.25. The fourth-order valence-corrected chi connectivity index (χ4v) is 1.99. The van der Waals surface area contributed by atoms with E-state index in [0.717, 1.165) is 38.3 Å². The third-order valence-corrected chi connectivity index (χ3v) is 3.02. The minimum absolute atomic E-state index is 0.0535. The number of aromatic nitrogens is 1. The van der Waals surface area contributed by atoms with Crippen LogP contribution in [0.5, 0.6) is 0 Å². The van der Waals surface area contributed by atoms with Crippen molar-refractivity contribution >= 4 is 11.6 Å². The predicted molar refractivity (Wildman–Crippen MR) is 83.1 cm³/mol. The minimum Gasteiger partial charge on any atom is -0.385 e. The van der Waals surface area contributed by atoms with E-state index in [4.69, 9.17) is 0 Å². The zero-order valence-electron chi connectivity index (χ0n) is 13.0. The molecule has 1 N–H and O–H groups in total. The van der Waals surface area contributed by atoms with E-state index in [1.807, 2.05) is 32.0 Å². The summed E-state index contributed by atoms with van der Waals surface area (Å²) in [7, 11) is 4.03. The summed E-state index contributed by atoms with van der Waals surface area (Å²) < 4.78 is 0. The van der Waals surface area contributed by atoms with Crippen molar-refractivity contribution in [2.24, 2.45) is 0 Å². The molecule has 0 bridgehead atoms. The van der Waals surface area contributed by atoms with E-state index in [1.54, 1.807) is 12.4 Å². The van der Waals surface area contributed by atoms with Gasteiger partial charge in [0.25, 0.3) is 5.91 Å². The van der Waals surface area contributed by atoms with Crippen LogP contribution in [0.4, 0.5) is 5.69 Å². The van der Waals surface area contributed by atoms with E-state index in [-0.39, 0.29) is 5.91 Å². The average molecular weight is 278 g/mol. The number of anilines is 1. The highest BCUT2D eigenvalue weighted by Crippen LogP contribution is 2.16. The molecule has 0 saturated carbocycles. The fourth-order valence-electron chi connectivity index (χ4n) is 1.99. The molecule has 1 amide bonds. The maximum atomic E-state index is 12.7. The van der Waals surface area contributed by atoms with Gasteiger partial charge in [-0.05, 0) is 33.5 Å². The molecular weight excluding hydrogens is 252 g/mol. The van der Waals surface area contributed by atoms with E-state index >= 15 is 0 Å². The van der Waals surface area contributed by atoms with Crippen LogP contribution >= 0.6 is 0 Å². The van der Waals surface area contributed by atoms with E-state index in [1.165, 1.54) is 0 Å². The molecule has 0 aliphatic carbocycles. The van der Waals surface area contributed by atoms with E-state index in [0.29, 0.717) is 5.56 Å². The van der Waals surface area contributed by atoms with Gasteiger partial charge in [0, 0.05) is 38.6 Å². The number of pyridine rings is 1. The highest BCUT2D eigenvalue weighted by molar-refractivity contribution is 5.99. The summed E-state index contributed by atoms with van der Waals surface area (Å²) in [6.45, 7) is 7.26. The predicted octanol–water partition coefficient (Wildman–Crippen LogP) is 1.93. The van der Waals surface area contributed by atoms with Gasteiger partial charge in [-0.3, -0.25) is 9.78 Å². The highest BCUT2D eigenvalue weighted by Gasteiger charge is 2.18. The zero-order chi connectivity index (χ0) is 15.0. The monoisotopic (exact) mass is 278 g/mol. The SMILES string of the molecule is CCCN(CCN(C)C)C(=O)c1cnccc1NCC. The van der Waals surface area contributed by atoms with Gasteiger partial charge >= 0.3 is 0 Å². The minimum atomic E-state index is 0.0535. The Morgan fingerprint density at radius 3 is 2.60 bits per heavy atom. The molecule has 0 aliphatic rings. The summed E-state index contributed by atoms with van der Waals surface area (Å²) in [6.07, 6.45) is 4.31. The standard InChI is InChI=1S/C15H26N4O/c1-5-9-19(11-10-18(3)4)15(20)13-12-16-8-7-14(13)17-6-2/h7-8,12H,5-6,9-11H2,1-4H3,(H,16,17). The Hall–Kier alpha value is -1.62. The molecule has 112 valence electrons. The van der Waals surface area contributed by atoms with Gasteiger partial charge in [-0.1, -0.05) is 6.92 Å². The lowest BCUT2D eigenvalue weighted by molar-refractivity contribution is 0.0745. The molecule has 5 heteroatoms. The lowest BCUT2D eigenvalue weighted by Crippen LogP contribution is -2.37. The number of carbonyl (C=O) groups is 1. The third-order valence-electron chi connectivity index (χ3n) is 3.02. The van der Waals surface area contributed by atoms with Crippen molar-refractivity contribution in [3.05, 3.63) is 24.0 Å². The fraction of sp³-hybridized carbons (Fsp3) is 0.600. The second-order valence-corrected chi connectivity index (χ2v) is 5.05. The molecule has 0 aromatic carbocycles. The summed E-state index contributed by atoms with van der Waals surface area (Å²) in [5, 5.41) is 3.22. The number of carbonyl (C=O) groups excluding carboxylic acids is 1. The van der Waals surface area contributed by atoms with Crippen LogP contribution in [-0.2, 0) is 0 Å². The van der Waals surface area contributed by atoms with Crippen molar-refractivity contribution in [1.82, 2.24) is 14.8 Å². The molecule has 20 heavy (non-hydrogen) atoms. The summed E-state index contributed by atoms with van der Waals surface area (Å²) in [5.74, 6) is 0.0535. The number of hydrogen-bond donors (Lipinski definition) is 1. The van der Waals surface area contributed by atoms with E-state index < -0.39 is 0 Å². The first kappa shape index (κ1) is 16.4. The number of amides is 1. The summed E-state index contributed by atoms with van der Waals surface area (Å²) in [5.41, 5.74) is 1.51. The van der Waals surface area contributed by atoms with E-state index in [9.17, 15) is 4.79 Å². The van der Waals surface area contributed by atoms with Crippen molar-refractivity contribution in [2.75, 3.05) is 45.6 Å². The van der Waals surface area contributed by atoms with Crippen molar-refractivity contribution in [3.8, 4) is 0 Å². The van der Waals surface area contributed by atoms with Gasteiger partial charge in [0.2, 0.25) is 0 Å². The Morgan fingerprint density at radius 2 is 2.00 bits per heavy atom. The molecular formula is C15H26N4O. The molecule has 5 nitrogen and oxygen atoms in total. The molecule has 0 fully saturated rings. The number of nitrogens with zero attached hydrogens (tertiary/aromatic N) is 3. The van der Waals surface area contributed by atoms with Crippen molar-refractivity contribution in [2.45, 2.75) is 20.3 Å². The summed E-state index contributed by atoms with van der Waals surface area (Å²) >= 11 is 0. The molecule has 0 radical (unpaired) electrons. The molecule has 0 spiro atoms. The molecule has 1 aromatic heterocycles. The smallest absolute Gasteiger partial charge is 0.257 e. The van der Waals surface area contributed by atoms with Gasteiger partial charge < -0.3 is 15.1 Å². The topological polar surface area (TPSA) is 48.5 Å².